The van der Waals surface area contributed by atoms with Gasteiger partial charge >= 0.3 is 0 Å². The molecule has 23 heavy (non-hydrogen) atoms. The Morgan fingerprint density at radius 3 is 2.74 bits per heavy atom. The number of anilines is 1. The minimum atomic E-state index is -0.618. The molecule has 1 fully saturated rings. The van der Waals surface area contributed by atoms with Crippen LogP contribution in [-0.2, 0) is 4.74 Å². The summed E-state index contributed by atoms with van der Waals surface area (Å²) in [6.07, 6.45) is 0.801. The van der Waals surface area contributed by atoms with E-state index in [9.17, 15) is 13.9 Å². The number of rotatable bonds is 5. The van der Waals surface area contributed by atoms with Crippen LogP contribution in [0.1, 0.15) is 0 Å². The molecule has 0 unspecified atom stereocenters. The Kier molecular flexibility index (Phi) is 5.00. The second-order valence-corrected chi connectivity index (χ2v) is 5.56. The Morgan fingerprint density at radius 1 is 1.22 bits per heavy atom. The van der Waals surface area contributed by atoms with Gasteiger partial charge in [0.05, 0.1) is 24.7 Å². The zero-order valence-electron chi connectivity index (χ0n) is 12.6. The SMILES string of the molecule is O[C@@H](CNc1ccnc2c(F)ccc(F)c12)CN1CCOCC1. The van der Waals surface area contributed by atoms with E-state index < -0.39 is 17.7 Å². The number of hydrogen-bond acceptors (Lipinski definition) is 5. The van der Waals surface area contributed by atoms with Crippen LogP contribution in [0.5, 0.6) is 0 Å². The lowest BCUT2D eigenvalue weighted by molar-refractivity contribution is 0.0171. The van der Waals surface area contributed by atoms with Crippen molar-refractivity contribution in [2.45, 2.75) is 6.10 Å². The molecule has 1 aromatic heterocycles. The predicted octanol–water partition coefficient (Wildman–Crippen LogP) is 1.62. The Bertz CT molecular complexity index is 678. The molecule has 0 radical (unpaired) electrons. The van der Waals surface area contributed by atoms with E-state index in [-0.39, 0.29) is 17.4 Å². The number of fused-ring (bicyclic) bond motifs is 1. The molecule has 1 saturated heterocycles. The zero-order chi connectivity index (χ0) is 16.2. The molecule has 0 aliphatic carbocycles. The van der Waals surface area contributed by atoms with Crippen molar-refractivity contribution in [3.8, 4) is 0 Å². The topological polar surface area (TPSA) is 57.6 Å². The first-order valence-electron chi connectivity index (χ1n) is 7.60. The normalized spacial score (nSPS) is 17.3. The molecule has 124 valence electrons. The lowest BCUT2D eigenvalue weighted by Gasteiger charge is -2.28. The van der Waals surface area contributed by atoms with E-state index in [0.717, 1.165) is 25.2 Å². The molecule has 5 nitrogen and oxygen atoms in total. The third-order valence-corrected chi connectivity index (χ3v) is 3.89. The van der Waals surface area contributed by atoms with Crippen molar-refractivity contribution in [1.29, 1.82) is 0 Å². The van der Waals surface area contributed by atoms with Crippen LogP contribution in [0.4, 0.5) is 14.5 Å². The molecule has 7 heteroatoms. The molecular weight excluding hydrogens is 304 g/mol. The number of nitrogens with one attached hydrogen (secondary N) is 1. The highest BCUT2D eigenvalue weighted by molar-refractivity contribution is 5.91. The molecule has 1 aliphatic heterocycles. The summed E-state index contributed by atoms with van der Waals surface area (Å²) < 4.78 is 33.0. The Balaban J connectivity index is 1.68. The number of benzene rings is 1. The van der Waals surface area contributed by atoms with E-state index in [1.165, 1.54) is 6.20 Å². The largest absolute Gasteiger partial charge is 0.390 e. The van der Waals surface area contributed by atoms with Gasteiger partial charge in [0.2, 0.25) is 0 Å². The first kappa shape index (κ1) is 16.0. The number of aromatic nitrogens is 1. The van der Waals surface area contributed by atoms with Crippen molar-refractivity contribution in [1.82, 2.24) is 9.88 Å². The Labute approximate surface area is 132 Å². The van der Waals surface area contributed by atoms with Crippen LogP contribution < -0.4 is 5.32 Å². The number of pyridine rings is 1. The molecule has 0 amide bonds. The molecule has 1 atom stereocenters. The lowest BCUT2D eigenvalue weighted by atomic mass is 10.1. The Morgan fingerprint density at radius 2 is 1.96 bits per heavy atom. The smallest absolute Gasteiger partial charge is 0.149 e. The number of nitrogens with zero attached hydrogens (tertiary/aromatic N) is 2. The molecule has 2 N–H and O–H groups in total. The summed E-state index contributed by atoms with van der Waals surface area (Å²) in [5, 5.41) is 13.2. The van der Waals surface area contributed by atoms with E-state index in [2.05, 4.69) is 15.2 Å². The predicted molar refractivity (Wildman–Crippen MR) is 83.4 cm³/mol. The van der Waals surface area contributed by atoms with E-state index >= 15 is 0 Å². The maximum Gasteiger partial charge on any atom is 0.149 e. The van der Waals surface area contributed by atoms with Crippen LogP contribution in [-0.4, -0.2) is 60.5 Å². The number of morpholine rings is 1. The first-order chi connectivity index (χ1) is 11.1. The fourth-order valence-corrected chi connectivity index (χ4v) is 2.71. The van der Waals surface area contributed by atoms with Gasteiger partial charge in [-0.1, -0.05) is 0 Å². The molecule has 3 rings (SSSR count). The van der Waals surface area contributed by atoms with Crippen LogP contribution >= 0.6 is 0 Å². The molecule has 1 aliphatic rings. The highest BCUT2D eigenvalue weighted by atomic mass is 19.1. The minimum absolute atomic E-state index is 0.0160. The van der Waals surface area contributed by atoms with Gasteiger partial charge in [0.25, 0.3) is 0 Å². The number of aliphatic hydroxyl groups is 1. The number of aliphatic hydroxyl groups excluding tert-OH is 1. The second-order valence-electron chi connectivity index (χ2n) is 5.56. The first-order valence-corrected chi connectivity index (χ1v) is 7.60. The summed E-state index contributed by atoms with van der Waals surface area (Å²) >= 11 is 0. The van der Waals surface area contributed by atoms with E-state index in [4.69, 9.17) is 4.74 Å². The van der Waals surface area contributed by atoms with E-state index in [0.29, 0.717) is 25.4 Å². The summed E-state index contributed by atoms with van der Waals surface area (Å²) in [4.78, 5) is 6.00. The second kappa shape index (κ2) is 7.16. The van der Waals surface area contributed by atoms with Crippen LogP contribution in [0.15, 0.2) is 24.4 Å². The van der Waals surface area contributed by atoms with Crippen LogP contribution in [0, 0.1) is 11.6 Å². The Hall–Kier alpha value is -1.83. The quantitative estimate of drug-likeness (QED) is 0.876. The van der Waals surface area contributed by atoms with E-state index in [1.54, 1.807) is 6.07 Å². The van der Waals surface area contributed by atoms with Gasteiger partial charge in [-0.25, -0.2) is 8.78 Å². The number of ether oxygens (including phenoxy) is 1. The fourth-order valence-electron chi connectivity index (χ4n) is 2.71. The molecule has 0 saturated carbocycles. The third kappa shape index (κ3) is 3.74. The van der Waals surface area contributed by atoms with Gasteiger partial charge in [-0.3, -0.25) is 9.88 Å². The summed E-state index contributed by atoms with van der Waals surface area (Å²) in [5.74, 6) is -1.11. The van der Waals surface area contributed by atoms with Crippen LogP contribution in [0.25, 0.3) is 10.9 Å². The van der Waals surface area contributed by atoms with Crippen molar-refractivity contribution in [3.05, 3.63) is 36.0 Å². The number of halogens is 2. The highest BCUT2D eigenvalue weighted by Crippen LogP contribution is 2.26. The maximum atomic E-state index is 14.0. The van der Waals surface area contributed by atoms with Crippen molar-refractivity contribution >= 4 is 16.6 Å². The van der Waals surface area contributed by atoms with Crippen molar-refractivity contribution < 1.29 is 18.6 Å². The van der Waals surface area contributed by atoms with Crippen LogP contribution in [0.2, 0.25) is 0 Å². The molecule has 0 bridgehead atoms. The van der Waals surface area contributed by atoms with Crippen LogP contribution in [0.3, 0.4) is 0 Å². The fraction of sp³-hybridized carbons (Fsp3) is 0.438. The van der Waals surface area contributed by atoms with Crippen molar-refractivity contribution in [2.24, 2.45) is 0 Å². The lowest BCUT2D eigenvalue weighted by Crippen LogP contribution is -2.42. The average Bonchev–Trinajstić information content (AvgIpc) is 2.57. The minimum Gasteiger partial charge on any atom is -0.390 e. The van der Waals surface area contributed by atoms with Gasteiger partial charge in [0.15, 0.2) is 0 Å². The van der Waals surface area contributed by atoms with E-state index in [1.807, 2.05) is 0 Å². The van der Waals surface area contributed by atoms with Gasteiger partial charge in [0, 0.05) is 38.1 Å². The van der Waals surface area contributed by atoms with Gasteiger partial charge in [-0.05, 0) is 18.2 Å². The summed E-state index contributed by atoms with van der Waals surface area (Å²) in [6.45, 7) is 3.66. The average molecular weight is 323 g/mol. The third-order valence-electron chi connectivity index (χ3n) is 3.89. The molecular formula is C16H19F2N3O2. The van der Waals surface area contributed by atoms with Gasteiger partial charge < -0.3 is 15.2 Å². The molecule has 2 aromatic rings. The highest BCUT2D eigenvalue weighted by Gasteiger charge is 2.16. The van der Waals surface area contributed by atoms with Crippen molar-refractivity contribution in [3.63, 3.8) is 0 Å². The molecule has 0 spiro atoms. The summed E-state index contributed by atoms with van der Waals surface area (Å²) in [6, 6.07) is 3.71. The maximum absolute atomic E-state index is 14.0. The van der Waals surface area contributed by atoms with Gasteiger partial charge in [-0.2, -0.15) is 0 Å². The standard InChI is InChI=1S/C16H19F2N3O2/c17-12-1-2-13(18)16-15(12)14(3-4-19-16)20-9-11(22)10-21-5-7-23-8-6-21/h1-4,11,22H,5-10H2,(H,19,20)/t11-/m0/s1. The van der Waals surface area contributed by atoms with Crippen molar-refractivity contribution in [2.75, 3.05) is 44.7 Å². The monoisotopic (exact) mass is 323 g/mol. The van der Waals surface area contributed by atoms with Gasteiger partial charge in [-0.15, -0.1) is 0 Å². The summed E-state index contributed by atoms with van der Waals surface area (Å²) in [7, 11) is 0. The number of hydrogen-bond donors (Lipinski definition) is 2. The molecule has 2 heterocycles. The zero-order valence-corrected chi connectivity index (χ0v) is 12.6. The summed E-state index contributed by atoms with van der Waals surface area (Å²) in [5.41, 5.74) is 0.408. The molecule has 1 aromatic carbocycles. The number of β-amino-alcohol motifs (C(OH)–C–C–N with tert-alkyl or cyclic N) is 1. The van der Waals surface area contributed by atoms with Gasteiger partial charge in [0.1, 0.15) is 17.2 Å².